The molecule has 1 heterocycles. The zero-order valence-electron chi connectivity index (χ0n) is 15.2. The minimum absolute atomic E-state index is 0.0913. The van der Waals surface area contributed by atoms with Gasteiger partial charge in [0.2, 0.25) is 0 Å². The summed E-state index contributed by atoms with van der Waals surface area (Å²) in [5.74, 6) is -0.820. The summed E-state index contributed by atoms with van der Waals surface area (Å²) in [5, 5.41) is 18.7. The molecule has 5 nitrogen and oxygen atoms in total. The number of piperazine rings is 1. The van der Waals surface area contributed by atoms with Crippen molar-refractivity contribution in [1.29, 1.82) is 5.26 Å². The molecule has 29 heavy (non-hydrogen) atoms. The van der Waals surface area contributed by atoms with Crippen molar-refractivity contribution in [2.75, 3.05) is 31.1 Å². The topological polar surface area (TPSA) is 67.6 Å². The molecule has 0 spiro atoms. The number of nitriles is 1. The first kappa shape index (κ1) is 20.6. The summed E-state index contributed by atoms with van der Waals surface area (Å²) >= 11 is 0. The van der Waals surface area contributed by atoms with E-state index in [2.05, 4.69) is 0 Å². The zero-order chi connectivity index (χ0) is 21.2. The number of benzene rings is 2. The molecule has 1 amide bonds. The van der Waals surface area contributed by atoms with Gasteiger partial charge in [0.1, 0.15) is 5.82 Å². The molecule has 1 aliphatic heterocycles. The first-order valence-corrected chi connectivity index (χ1v) is 8.78. The van der Waals surface area contributed by atoms with Gasteiger partial charge in [-0.2, -0.15) is 18.4 Å². The smallest absolute Gasteiger partial charge is 0.394 e. The van der Waals surface area contributed by atoms with Crippen LogP contribution in [0.3, 0.4) is 0 Å². The summed E-state index contributed by atoms with van der Waals surface area (Å²) in [6.45, 7) is 0.123. The quantitative estimate of drug-likeness (QED) is 0.795. The van der Waals surface area contributed by atoms with Crippen LogP contribution in [0.4, 0.5) is 23.2 Å². The fourth-order valence-corrected chi connectivity index (χ4v) is 3.35. The second kappa shape index (κ2) is 8.09. The minimum atomic E-state index is -4.68. The number of aliphatic hydroxyl groups is 1. The Balaban J connectivity index is 1.82. The standard InChI is InChI=1S/C20H17F4N3O2/c21-15-4-1-13(2-5-15)19(29)26-7-8-27(17(11-26)12-28)16-6-3-14(10-25)18(9-16)20(22,23)24/h1-6,9,17,28H,7-8,11-12H2. The minimum Gasteiger partial charge on any atom is -0.394 e. The first-order chi connectivity index (χ1) is 13.7. The fourth-order valence-electron chi connectivity index (χ4n) is 3.35. The molecule has 1 saturated heterocycles. The number of anilines is 1. The Hall–Kier alpha value is -3.12. The van der Waals surface area contributed by atoms with Crippen LogP contribution in [0.2, 0.25) is 0 Å². The Morgan fingerprint density at radius 2 is 1.86 bits per heavy atom. The van der Waals surface area contributed by atoms with E-state index in [-0.39, 0.29) is 43.4 Å². The fraction of sp³-hybridized carbons (Fsp3) is 0.300. The lowest BCUT2D eigenvalue weighted by atomic mass is 10.0. The lowest BCUT2D eigenvalue weighted by Gasteiger charge is -2.42. The lowest BCUT2D eigenvalue weighted by molar-refractivity contribution is -0.137. The summed E-state index contributed by atoms with van der Waals surface area (Å²) < 4.78 is 52.8. The van der Waals surface area contributed by atoms with Crippen LogP contribution in [-0.4, -0.2) is 48.2 Å². The number of alkyl halides is 3. The van der Waals surface area contributed by atoms with E-state index in [0.717, 1.165) is 12.1 Å². The average molecular weight is 407 g/mol. The zero-order valence-corrected chi connectivity index (χ0v) is 15.2. The molecule has 1 N–H and O–H groups in total. The number of hydrogen-bond donors (Lipinski definition) is 1. The third-order valence-electron chi connectivity index (χ3n) is 4.83. The third-order valence-corrected chi connectivity index (χ3v) is 4.83. The summed E-state index contributed by atoms with van der Waals surface area (Å²) in [6, 6.07) is 9.34. The predicted octanol–water partition coefficient (Wildman–Crippen LogP) is 3.04. The van der Waals surface area contributed by atoms with Crippen LogP contribution in [-0.2, 0) is 6.18 Å². The Kier molecular flexibility index (Phi) is 5.75. The van der Waals surface area contributed by atoms with Crippen molar-refractivity contribution in [3.8, 4) is 6.07 Å². The van der Waals surface area contributed by atoms with Gasteiger partial charge >= 0.3 is 6.18 Å². The van der Waals surface area contributed by atoms with Crippen LogP contribution in [0.15, 0.2) is 42.5 Å². The number of rotatable bonds is 3. The number of hydrogen-bond acceptors (Lipinski definition) is 4. The van der Waals surface area contributed by atoms with Gasteiger partial charge in [0.05, 0.1) is 29.8 Å². The van der Waals surface area contributed by atoms with Crippen molar-refractivity contribution in [3.63, 3.8) is 0 Å². The molecule has 2 aromatic carbocycles. The van der Waals surface area contributed by atoms with Crippen molar-refractivity contribution in [2.45, 2.75) is 12.2 Å². The molecule has 152 valence electrons. The Labute approximate surface area is 164 Å². The maximum Gasteiger partial charge on any atom is 0.417 e. The lowest BCUT2D eigenvalue weighted by Crippen LogP contribution is -2.56. The highest BCUT2D eigenvalue weighted by Gasteiger charge is 2.36. The number of halogens is 4. The van der Waals surface area contributed by atoms with Gasteiger partial charge in [-0.25, -0.2) is 4.39 Å². The van der Waals surface area contributed by atoms with Gasteiger partial charge < -0.3 is 14.9 Å². The number of amides is 1. The average Bonchev–Trinajstić information content (AvgIpc) is 2.72. The van der Waals surface area contributed by atoms with E-state index in [0.29, 0.717) is 0 Å². The number of carbonyl (C=O) groups excluding carboxylic acids is 1. The first-order valence-electron chi connectivity index (χ1n) is 8.78. The molecule has 1 fully saturated rings. The van der Waals surface area contributed by atoms with Gasteiger partial charge in [0.25, 0.3) is 5.91 Å². The summed E-state index contributed by atoms with van der Waals surface area (Å²) in [7, 11) is 0. The molecule has 0 aromatic heterocycles. The van der Waals surface area contributed by atoms with Crippen molar-refractivity contribution >= 4 is 11.6 Å². The predicted molar refractivity (Wildman–Crippen MR) is 96.7 cm³/mol. The molecule has 9 heteroatoms. The third kappa shape index (κ3) is 4.32. The Bertz CT molecular complexity index is 938. The van der Waals surface area contributed by atoms with Crippen LogP contribution >= 0.6 is 0 Å². The van der Waals surface area contributed by atoms with Gasteiger partial charge in [-0.1, -0.05) is 0 Å². The maximum absolute atomic E-state index is 13.2. The van der Waals surface area contributed by atoms with E-state index >= 15 is 0 Å². The second-order valence-corrected chi connectivity index (χ2v) is 6.63. The van der Waals surface area contributed by atoms with Crippen LogP contribution in [0.1, 0.15) is 21.5 Å². The molecule has 3 rings (SSSR count). The molecule has 0 bridgehead atoms. The molecule has 0 saturated carbocycles. The number of nitrogens with zero attached hydrogens (tertiary/aromatic N) is 3. The van der Waals surface area contributed by atoms with E-state index in [1.54, 1.807) is 4.90 Å². The van der Waals surface area contributed by atoms with Crippen LogP contribution in [0.5, 0.6) is 0 Å². The normalized spacial score (nSPS) is 17.2. The van der Waals surface area contributed by atoms with Crippen molar-refractivity contribution < 1.29 is 27.5 Å². The molecule has 1 aliphatic rings. The Morgan fingerprint density at radius 3 is 2.45 bits per heavy atom. The molecule has 1 unspecified atom stereocenters. The van der Waals surface area contributed by atoms with Gasteiger partial charge in [-0.15, -0.1) is 0 Å². The molecule has 0 radical (unpaired) electrons. The molecule has 0 aliphatic carbocycles. The van der Waals surface area contributed by atoms with Crippen LogP contribution in [0.25, 0.3) is 0 Å². The van der Waals surface area contributed by atoms with Crippen molar-refractivity contribution in [3.05, 3.63) is 65.0 Å². The summed E-state index contributed by atoms with van der Waals surface area (Å²) in [4.78, 5) is 15.7. The van der Waals surface area contributed by atoms with Gasteiger partial charge in [0.15, 0.2) is 0 Å². The van der Waals surface area contributed by atoms with Gasteiger partial charge in [-0.05, 0) is 42.5 Å². The number of aliphatic hydroxyl groups excluding tert-OH is 1. The van der Waals surface area contributed by atoms with Gasteiger partial charge in [-0.3, -0.25) is 4.79 Å². The summed E-state index contributed by atoms with van der Waals surface area (Å²) in [5.41, 5.74) is -1.02. The SMILES string of the molecule is N#Cc1ccc(N2CCN(C(=O)c3ccc(F)cc3)CC2CO)cc1C(F)(F)F. The molecular formula is C20H17F4N3O2. The van der Waals surface area contributed by atoms with E-state index < -0.39 is 29.2 Å². The van der Waals surface area contributed by atoms with E-state index in [1.807, 2.05) is 0 Å². The second-order valence-electron chi connectivity index (χ2n) is 6.63. The highest BCUT2D eigenvalue weighted by Crippen LogP contribution is 2.35. The van der Waals surface area contributed by atoms with Crippen molar-refractivity contribution in [1.82, 2.24) is 4.90 Å². The van der Waals surface area contributed by atoms with Crippen LogP contribution < -0.4 is 4.90 Å². The van der Waals surface area contributed by atoms with E-state index in [1.165, 1.54) is 41.3 Å². The summed E-state index contributed by atoms with van der Waals surface area (Å²) in [6.07, 6.45) is -4.68. The van der Waals surface area contributed by atoms with Crippen molar-refractivity contribution in [2.24, 2.45) is 0 Å². The number of carbonyl (C=O) groups is 1. The largest absolute Gasteiger partial charge is 0.417 e. The molecular weight excluding hydrogens is 390 g/mol. The molecule has 1 atom stereocenters. The van der Waals surface area contributed by atoms with E-state index in [4.69, 9.17) is 5.26 Å². The van der Waals surface area contributed by atoms with Gasteiger partial charge in [0, 0.05) is 30.9 Å². The Morgan fingerprint density at radius 1 is 1.17 bits per heavy atom. The molecule has 2 aromatic rings. The highest BCUT2D eigenvalue weighted by molar-refractivity contribution is 5.94. The van der Waals surface area contributed by atoms with Crippen LogP contribution in [0, 0.1) is 17.1 Å². The maximum atomic E-state index is 13.2. The highest BCUT2D eigenvalue weighted by atomic mass is 19.4. The van der Waals surface area contributed by atoms with E-state index in [9.17, 15) is 27.5 Å². The monoisotopic (exact) mass is 407 g/mol.